The highest BCUT2D eigenvalue weighted by molar-refractivity contribution is 5.91. The Bertz CT molecular complexity index is 1060. The van der Waals surface area contributed by atoms with E-state index in [0.717, 1.165) is 18.2 Å². The highest BCUT2D eigenvalue weighted by Crippen LogP contribution is 2.19. The van der Waals surface area contributed by atoms with E-state index in [9.17, 15) is 13.6 Å². The molecule has 1 aromatic heterocycles. The standard InChI is InChI=1S/C25H26F2N2O3/c1-2-18-6-8-20(9-7-18)31-17-21-10-11-23(32-21)25(30)29-14-12-28(13-15-29)16-19-4-3-5-22(26)24(19)27/h3-11H,2,12-17H2,1H3. The average Bonchev–Trinajstić information content (AvgIpc) is 3.30. The van der Waals surface area contributed by atoms with Crippen LogP contribution in [0.5, 0.6) is 5.75 Å². The molecule has 2 heterocycles. The summed E-state index contributed by atoms with van der Waals surface area (Å²) >= 11 is 0. The number of carbonyl (C=O) groups is 1. The first-order chi connectivity index (χ1) is 15.5. The second kappa shape index (κ2) is 9.96. The molecule has 1 aliphatic heterocycles. The summed E-state index contributed by atoms with van der Waals surface area (Å²) in [7, 11) is 0. The maximum Gasteiger partial charge on any atom is 0.289 e. The number of furan rings is 1. The second-order valence-corrected chi connectivity index (χ2v) is 7.83. The van der Waals surface area contributed by atoms with Crippen molar-refractivity contribution >= 4 is 5.91 Å². The van der Waals surface area contributed by atoms with Crippen LogP contribution in [0.3, 0.4) is 0 Å². The van der Waals surface area contributed by atoms with Crippen molar-refractivity contribution in [1.29, 1.82) is 0 Å². The number of rotatable bonds is 7. The highest BCUT2D eigenvalue weighted by atomic mass is 19.2. The summed E-state index contributed by atoms with van der Waals surface area (Å²) < 4.78 is 38.7. The third-order valence-electron chi connectivity index (χ3n) is 5.67. The summed E-state index contributed by atoms with van der Waals surface area (Å²) in [5, 5.41) is 0. The lowest BCUT2D eigenvalue weighted by molar-refractivity contribution is 0.0592. The Morgan fingerprint density at radius 1 is 1.00 bits per heavy atom. The maximum absolute atomic E-state index is 13.9. The van der Waals surface area contributed by atoms with Crippen molar-refractivity contribution in [2.45, 2.75) is 26.5 Å². The Labute approximate surface area is 186 Å². The number of aryl methyl sites for hydroxylation is 1. The lowest BCUT2D eigenvalue weighted by atomic mass is 10.1. The fraction of sp³-hybridized carbons (Fsp3) is 0.320. The van der Waals surface area contributed by atoms with E-state index in [2.05, 4.69) is 6.92 Å². The molecule has 1 aliphatic rings. The van der Waals surface area contributed by atoms with Crippen LogP contribution in [0.1, 0.15) is 34.4 Å². The van der Waals surface area contributed by atoms with Gasteiger partial charge in [0.15, 0.2) is 17.4 Å². The quantitative estimate of drug-likeness (QED) is 0.536. The van der Waals surface area contributed by atoms with Gasteiger partial charge in [0.25, 0.3) is 5.91 Å². The van der Waals surface area contributed by atoms with E-state index < -0.39 is 11.6 Å². The number of hydrogen-bond donors (Lipinski definition) is 0. The van der Waals surface area contributed by atoms with E-state index >= 15 is 0 Å². The number of carbonyl (C=O) groups excluding carboxylic acids is 1. The minimum absolute atomic E-state index is 0.180. The molecule has 1 amide bonds. The molecule has 0 N–H and O–H groups in total. The van der Waals surface area contributed by atoms with Gasteiger partial charge >= 0.3 is 0 Å². The Kier molecular flexibility index (Phi) is 6.85. The van der Waals surface area contributed by atoms with Crippen molar-refractivity contribution in [1.82, 2.24) is 9.80 Å². The van der Waals surface area contributed by atoms with E-state index in [1.807, 2.05) is 29.2 Å². The first kappa shape index (κ1) is 22.0. The first-order valence-electron chi connectivity index (χ1n) is 10.8. The van der Waals surface area contributed by atoms with Gasteiger partial charge in [0, 0.05) is 38.3 Å². The lowest BCUT2D eigenvalue weighted by Gasteiger charge is -2.34. The molecule has 0 saturated carbocycles. The van der Waals surface area contributed by atoms with Gasteiger partial charge in [-0.2, -0.15) is 0 Å². The number of ether oxygens (including phenoxy) is 1. The van der Waals surface area contributed by atoms with Crippen molar-refractivity contribution in [2.75, 3.05) is 26.2 Å². The van der Waals surface area contributed by atoms with E-state index in [1.165, 1.54) is 11.6 Å². The molecule has 0 atom stereocenters. The molecule has 32 heavy (non-hydrogen) atoms. The predicted molar refractivity (Wildman–Crippen MR) is 116 cm³/mol. The number of piperazine rings is 1. The Balaban J connectivity index is 1.28. The summed E-state index contributed by atoms with van der Waals surface area (Å²) in [5.41, 5.74) is 1.56. The van der Waals surface area contributed by atoms with E-state index in [1.54, 1.807) is 23.1 Å². The van der Waals surface area contributed by atoms with Crippen LogP contribution in [0, 0.1) is 11.6 Å². The summed E-state index contributed by atoms with van der Waals surface area (Å²) in [4.78, 5) is 16.5. The maximum atomic E-state index is 13.9. The van der Waals surface area contributed by atoms with Gasteiger partial charge in [0.1, 0.15) is 18.1 Å². The minimum atomic E-state index is -0.841. The highest BCUT2D eigenvalue weighted by Gasteiger charge is 2.25. The summed E-state index contributed by atoms with van der Waals surface area (Å²) in [6.45, 7) is 4.79. The number of halogens is 2. The van der Waals surface area contributed by atoms with Gasteiger partial charge in [0.2, 0.25) is 0 Å². The monoisotopic (exact) mass is 440 g/mol. The Morgan fingerprint density at radius 2 is 1.75 bits per heavy atom. The normalized spacial score (nSPS) is 14.5. The van der Waals surface area contributed by atoms with Crippen molar-refractivity contribution < 1.29 is 22.7 Å². The molecule has 0 unspecified atom stereocenters. The minimum Gasteiger partial charge on any atom is -0.486 e. The SMILES string of the molecule is CCc1ccc(OCc2ccc(C(=O)N3CCN(Cc4cccc(F)c4F)CC3)o2)cc1. The van der Waals surface area contributed by atoms with Crippen molar-refractivity contribution in [3.05, 3.63) is 88.9 Å². The van der Waals surface area contributed by atoms with Gasteiger partial charge in [-0.15, -0.1) is 0 Å². The molecule has 0 radical (unpaired) electrons. The predicted octanol–water partition coefficient (Wildman–Crippen LogP) is 4.66. The van der Waals surface area contributed by atoms with Gasteiger partial charge < -0.3 is 14.1 Å². The molecule has 7 heteroatoms. The molecule has 1 saturated heterocycles. The average molecular weight is 440 g/mol. The molecular formula is C25H26F2N2O3. The van der Waals surface area contributed by atoms with Gasteiger partial charge in [-0.25, -0.2) is 8.78 Å². The Hall–Kier alpha value is -3.19. The molecular weight excluding hydrogens is 414 g/mol. The van der Waals surface area contributed by atoms with Crippen LogP contribution in [0.25, 0.3) is 0 Å². The zero-order chi connectivity index (χ0) is 22.5. The molecule has 0 spiro atoms. The van der Waals surface area contributed by atoms with Crippen LogP contribution in [0.15, 0.2) is 59.0 Å². The molecule has 168 valence electrons. The molecule has 2 aromatic carbocycles. The van der Waals surface area contributed by atoms with Gasteiger partial charge in [-0.1, -0.05) is 31.2 Å². The van der Waals surface area contributed by atoms with Crippen molar-refractivity contribution in [3.63, 3.8) is 0 Å². The lowest BCUT2D eigenvalue weighted by Crippen LogP contribution is -2.48. The van der Waals surface area contributed by atoms with Crippen molar-refractivity contribution in [3.8, 4) is 5.75 Å². The number of benzene rings is 2. The second-order valence-electron chi connectivity index (χ2n) is 7.83. The van der Waals surface area contributed by atoms with Crippen LogP contribution in [0.4, 0.5) is 8.78 Å². The largest absolute Gasteiger partial charge is 0.486 e. The van der Waals surface area contributed by atoms with Gasteiger partial charge in [0.05, 0.1) is 0 Å². The fourth-order valence-electron chi connectivity index (χ4n) is 3.72. The van der Waals surface area contributed by atoms with Crippen LogP contribution in [-0.4, -0.2) is 41.9 Å². The third-order valence-corrected chi connectivity index (χ3v) is 5.67. The fourth-order valence-corrected chi connectivity index (χ4v) is 3.72. The van der Waals surface area contributed by atoms with Crippen LogP contribution < -0.4 is 4.74 Å². The number of hydrogen-bond acceptors (Lipinski definition) is 4. The molecule has 4 rings (SSSR count). The number of amides is 1. The Morgan fingerprint density at radius 3 is 2.47 bits per heavy atom. The van der Waals surface area contributed by atoms with Gasteiger partial charge in [-0.05, 0) is 42.3 Å². The molecule has 1 fully saturated rings. The van der Waals surface area contributed by atoms with E-state index in [-0.39, 0.29) is 18.3 Å². The zero-order valence-corrected chi connectivity index (χ0v) is 18.0. The van der Waals surface area contributed by atoms with Crippen LogP contribution >= 0.6 is 0 Å². The molecule has 0 aliphatic carbocycles. The van der Waals surface area contributed by atoms with Crippen LogP contribution in [-0.2, 0) is 19.6 Å². The molecule has 3 aromatic rings. The van der Waals surface area contributed by atoms with Crippen molar-refractivity contribution in [2.24, 2.45) is 0 Å². The summed E-state index contributed by atoms with van der Waals surface area (Å²) in [5.74, 6) is -0.232. The number of nitrogens with zero attached hydrogens (tertiary/aromatic N) is 2. The molecule has 0 bridgehead atoms. The van der Waals surface area contributed by atoms with E-state index in [4.69, 9.17) is 9.15 Å². The van der Waals surface area contributed by atoms with Crippen LogP contribution in [0.2, 0.25) is 0 Å². The van der Waals surface area contributed by atoms with Gasteiger partial charge in [-0.3, -0.25) is 9.69 Å². The first-order valence-corrected chi connectivity index (χ1v) is 10.8. The van der Waals surface area contributed by atoms with E-state index in [0.29, 0.717) is 44.0 Å². The summed E-state index contributed by atoms with van der Waals surface area (Å²) in [6.07, 6.45) is 0.972. The topological polar surface area (TPSA) is 45.9 Å². The summed E-state index contributed by atoms with van der Waals surface area (Å²) in [6, 6.07) is 15.5. The molecule has 5 nitrogen and oxygen atoms in total. The third kappa shape index (κ3) is 5.16. The smallest absolute Gasteiger partial charge is 0.289 e. The zero-order valence-electron chi connectivity index (χ0n) is 18.0.